The summed E-state index contributed by atoms with van der Waals surface area (Å²) in [6, 6.07) is 5.29. The van der Waals surface area contributed by atoms with Crippen LogP contribution in [0.3, 0.4) is 0 Å². The number of aromatic nitrogens is 2. The van der Waals surface area contributed by atoms with Gasteiger partial charge in [-0.15, -0.1) is 0 Å². The van der Waals surface area contributed by atoms with Crippen LogP contribution in [0.15, 0.2) is 22.8 Å². The first-order valence-electron chi connectivity index (χ1n) is 4.18. The van der Waals surface area contributed by atoms with Crippen molar-refractivity contribution in [2.45, 2.75) is 6.42 Å². The molecule has 2 aromatic rings. The van der Waals surface area contributed by atoms with Gasteiger partial charge in [0.15, 0.2) is 5.82 Å². The summed E-state index contributed by atoms with van der Waals surface area (Å²) < 4.78 is 4.49. The molecule has 0 bridgehead atoms. The molecule has 0 fully saturated rings. The van der Waals surface area contributed by atoms with Crippen molar-refractivity contribution in [3.05, 3.63) is 39.5 Å². The van der Waals surface area contributed by atoms with Crippen LogP contribution in [0.5, 0.6) is 0 Å². The lowest BCUT2D eigenvalue weighted by atomic mass is 10.1. The highest BCUT2D eigenvalue weighted by Gasteiger charge is 2.12. The van der Waals surface area contributed by atoms with E-state index >= 15 is 0 Å². The van der Waals surface area contributed by atoms with Crippen LogP contribution in [0.25, 0.3) is 0 Å². The molecule has 15 heavy (non-hydrogen) atoms. The van der Waals surface area contributed by atoms with Gasteiger partial charge in [-0.05, 0) is 22.9 Å². The molecule has 0 amide bonds. The third-order valence-corrected chi connectivity index (χ3v) is 2.70. The lowest BCUT2D eigenvalue weighted by molar-refractivity contribution is 0.305. The Hall–Kier alpha value is -1.26. The highest BCUT2D eigenvalue weighted by molar-refractivity contribution is 6.36. The number of hydrogen-bond acceptors (Lipinski definition) is 4. The fourth-order valence-corrected chi connectivity index (χ4v) is 1.74. The van der Waals surface area contributed by atoms with Crippen molar-refractivity contribution in [3.63, 3.8) is 0 Å². The third kappa shape index (κ3) is 2.06. The van der Waals surface area contributed by atoms with E-state index in [1.165, 1.54) is 0 Å². The zero-order chi connectivity index (χ0) is 10.8. The molecule has 78 valence electrons. The lowest BCUT2D eigenvalue weighted by Gasteiger charge is -2.03. The van der Waals surface area contributed by atoms with Crippen molar-refractivity contribution < 1.29 is 4.63 Å². The first-order chi connectivity index (χ1) is 7.18. The van der Waals surface area contributed by atoms with Crippen molar-refractivity contribution in [1.29, 1.82) is 0 Å². The van der Waals surface area contributed by atoms with Crippen molar-refractivity contribution in [1.82, 2.24) is 10.3 Å². The summed E-state index contributed by atoms with van der Waals surface area (Å²) >= 11 is 12.0. The second-order valence-corrected chi connectivity index (χ2v) is 3.79. The normalized spacial score (nSPS) is 10.5. The maximum Gasteiger partial charge on any atom is 0.191 e. The molecule has 2 rings (SSSR count). The minimum Gasteiger partial charge on any atom is -0.379 e. The summed E-state index contributed by atoms with van der Waals surface area (Å²) in [5.74, 6) is 0.256. The lowest BCUT2D eigenvalue weighted by Crippen LogP contribution is -1.96. The molecule has 6 heteroatoms. The Morgan fingerprint density at radius 1 is 1.20 bits per heavy atom. The van der Waals surface area contributed by atoms with Gasteiger partial charge in [-0.3, -0.25) is 0 Å². The van der Waals surface area contributed by atoms with E-state index in [1.54, 1.807) is 18.2 Å². The molecule has 1 aromatic heterocycles. The molecule has 0 spiro atoms. The maximum absolute atomic E-state index is 5.99. The Kier molecular flexibility index (Phi) is 2.79. The van der Waals surface area contributed by atoms with Crippen LogP contribution in [-0.2, 0) is 6.42 Å². The molecule has 0 aliphatic carbocycles. The quantitative estimate of drug-likeness (QED) is 0.881. The van der Waals surface area contributed by atoms with E-state index in [-0.39, 0.29) is 5.82 Å². The molecule has 4 nitrogen and oxygen atoms in total. The van der Waals surface area contributed by atoms with Crippen LogP contribution in [-0.4, -0.2) is 10.3 Å². The summed E-state index contributed by atoms with van der Waals surface area (Å²) in [4.78, 5) is 0. The standard InChI is InChI=1S/C9H7Cl2N3O/c10-6-2-1-3-7(11)5(6)4-8-9(12)14-15-13-8/h1-3H,4H2,(H2,12,14). The van der Waals surface area contributed by atoms with Crippen LogP contribution < -0.4 is 5.73 Å². The topological polar surface area (TPSA) is 64.9 Å². The molecule has 1 aromatic carbocycles. The number of hydrogen-bond donors (Lipinski definition) is 1. The van der Waals surface area contributed by atoms with E-state index in [9.17, 15) is 0 Å². The number of nitrogens with zero attached hydrogens (tertiary/aromatic N) is 2. The van der Waals surface area contributed by atoms with Crippen LogP contribution in [0.1, 0.15) is 11.3 Å². The number of nitrogen functional groups attached to an aromatic ring is 1. The Morgan fingerprint density at radius 2 is 1.87 bits per heavy atom. The van der Waals surface area contributed by atoms with E-state index in [4.69, 9.17) is 28.9 Å². The second-order valence-electron chi connectivity index (χ2n) is 2.97. The molecule has 2 N–H and O–H groups in total. The third-order valence-electron chi connectivity index (χ3n) is 1.99. The van der Waals surface area contributed by atoms with E-state index < -0.39 is 0 Å². The van der Waals surface area contributed by atoms with E-state index in [1.807, 2.05) is 0 Å². The molecule has 0 aliphatic rings. The molecular formula is C9H7Cl2N3O. The molecule has 0 atom stereocenters. The zero-order valence-corrected chi connectivity index (χ0v) is 9.09. The predicted molar refractivity (Wildman–Crippen MR) is 58.0 cm³/mol. The molecule has 0 radical (unpaired) electrons. The minimum absolute atomic E-state index is 0.256. The Morgan fingerprint density at radius 3 is 2.40 bits per heavy atom. The molecule has 0 saturated heterocycles. The monoisotopic (exact) mass is 243 g/mol. The van der Waals surface area contributed by atoms with Gasteiger partial charge in [-0.2, -0.15) is 0 Å². The maximum atomic E-state index is 5.99. The van der Waals surface area contributed by atoms with Gasteiger partial charge in [-0.25, -0.2) is 4.63 Å². The minimum atomic E-state index is 0.256. The van der Waals surface area contributed by atoms with Gasteiger partial charge >= 0.3 is 0 Å². The molecule has 0 saturated carbocycles. The summed E-state index contributed by atoms with van der Waals surface area (Å²) in [6.45, 7) is 0. The van der Waals surface area contributed by atoms with Crippen LogP contribution in [0.2, 0.25) is 10.0 Å². The molecule has 0 unspecified atom stereocenters. The van der Waals surface area contributed by atoms with E-state index in [0.29, 0.717) is 22.2 Å². The first kappa shape index (κ1) is 10.3. The van der Waals surface area contributed by atoms with Crippen molar-refractivity contribution >= 4 is 29.0 Å². The van der Waals surface area contributed by atoms with E-state index in [2.05, 4.69) is 14.9 Å². The summed E-state index contributed by atoms with van der Waals surface area (Å²) in [7, 11) is 0. The summed E-state index contributed by atoms with van der Waals surface area (Å²) in [5, 5.41) is 8.29. The summed E-state index contributed by atoms with van der Waals surface area (Å²) in [6.07, 6.45) is 0.411. The zero-order valence-electron chi connectivity index (χ0n) is 7.58. The summed E-state index contributed by atoms with van der Waals surface area (Å²) in [5.41, 5.74) is 6.83. The van der Waals surface area contributed by atoms with Crippen LogP contribution in [0.4, 0.5) is 5.82 Å². The van der Waals surface area contributed by atoms with Gasteiger partial charge in [0.25, 0.3) is 0 Å². The van der Waals surface area contributed by atoms with Crippen LogP contribution >= 0.6 is 23.2 Å². The number of halogens is 2. The predicted octanol–water partition coefficient (Wildman–Crippen LogP) is 2.55. The number of nitrogens with two attached hydrogens (primary N) is 1. The van der Waals surface area contributed by atoms with E-state index in [0.717, 1.165) is 5.56 Å². The average molecular weight is 244 g/mol. The fraction of sp³-hybridized carbons (Fsp3) is 0.111. The van der Waals surface area contributed by atoms with Crippen molar-refractivity contribution in [3.8, 4) is 0 Å². The number of rotatable bonds is 2. The van der Waals surface area contributed by atoms with Gasteiger partial charge < -0.3 is 5.73 Å². The Labute approximate surface area is 95.9 Å². The van der Waals surface area contributed by atoms with Gasteiger partial charge in [0.2, 0.25) is 0 Å². The van der Waals surface area contributed by atoms with Gasteiger partial charge in [0, 0.05) is 16.5 Å². The van der Waals surface area contributed by atoms with Gasteiger partial charge in [-0.1, -0.05) is 34.4 Å². The second kappa shape index (κ2) is 4.08. The Balaban J connectivity index is 2.36. The Bertz CT molecular complexity index is 464. The van der Waals surface area contributed by atoms with Gasteiger partial charge in [0.05, 0.1) is 0 Å². The molecule has 0 aliphatic heterocycles. The highest BCUT2D eigenvalue weighted by Crippen LogP contribution is 2.27. The molecular weight excluding hydrogens is 237 g/mol. The molecule has 1 heterocycles. The van der Waals surface area contributed by atoms with Crippen molar-refractivity contribution in [2.75, 3.05) is 5.73 Å². The largest absolute Gasteiger partial charge is 0.379 e. The first-order valence-corrected chi connectivity index (χ1v) is 4.94. The highest BCUT2D eigenvalue weighted by atomic mass is 35.5. The van der Waals surface area contributed by atoms with Crippen molar-refractivity contribution in [2.24, 2.45) is 0 Å². The number of benzene rings is 1. The SMILES string of the molecule is Nc1nonc1Cc1c(Cl)cccc1Cl. The van der Waals surface area contributed by atoms with Gasteiger partial charge in [0.1, 0.15) is 5.69 Å². The van der Waals surface area contributed by atoms with Crippen LogP contribution in [0, 0.1) is 0 Å². The number of anilines is 1. The smallest absolute Gasteiger partial charge is 0.191 e. The fourth-order valence-electron chi connectivity index (χ4n) is 1.20. The average Bonchev–Trinajstić information content (AvgIpc) is 2.58.